The number of carbonyl (C=O) groups excluding carboxylic acids is 2. The SMILES string of the molecule is CN(CC(=O)O)C(=O)C(C)(NC(=O)OCC1c2ccccc2-c2ccccc21)C(F)(F)F. The zero-order chi connectivity index (χ0) is 23.7. The largest absolute Gasteiger partial charge is 0.480 e. The number of nitrogens with one attached hydrogen (secondary N) is 1. The maximum absolute atomic E-state index is 13.7. The third kappa shape index (κ3) is 4.25. The van der Waals surface area contributed by atoms with Crippen LogP contribution in [0.25, 0.3) is 11.1 Å². The van der Waals surface area contributed by atoms with E-state index in [0.29, 0.717) is 11.8 Å². The second-order valence-electron chi connectivity index (χ2n) is 7.63. The molecular formula is C22H21F3N2O5. The molecular weight excluding hydrogens is 429 g/mol. The van der Waals surface area contributed by atoms with Crippen molar-refractivity contribution in [1.82, 2.24) is 10.2 Å². The molecule has 32 heavy (non-hydrogen) atoms. The van der Waals surface area contributed by atoms with E-state index >= 15 is 0 Å². The summed E-state index contributed by atoms with van der Waals surface area (Å²) < 4.78 is 46.2. The topological polar surface area (TPSA) is 95.9 Å². The summed E-state index contributed by atoms with van der Waals surface area (Å²) in [5.74, 6) is -3.50. The molecule has 0 saturated heterocycles. The number of ether oxygens (including phenoxy) is 1. The molecule has 0 spiro atoms. The molecule has 0 aromatic heterocycles. The van der Waals surface area contributed by atoms with Gasteiger partial charge in [0.2, 0.25) is 5.54 Å². The van der Waals surface area contributed by atoms with Gasteiger partial charge in [-0.1, -0.05) is 48.5 Å². The van der Waals surface area contributed by atoms with Gasteiger partial charge in [0.25, 0.3) is 5.91 Å². The van der Waals surface area contributed by atoms with E-state index in [9.17, 15) is 27.6 Å². The number of aliphatic carboxylic acids is 1. The minimum atomic E-state index is -5.19. The first kappa shape index (κ1) is 23.1. The summed E-state index contributed by atoms with van der Waals surface area (Å²) in [4.78, 5) is 35.8. The molecule has 3 rings (SSSR count). The van der Waals surface area contributed by atoms with Crippen molar-refractivity contribution in [2.75, 3.05) is 20.2 Å². The molecule has 1 aliphatic rings. The third-order valence-corrected chi connectivity index (χ3v) is 5.41. The van der Waals surface area contributed by atoms with Crippen molar-refractivity contribution in [3.63, 3.8) is 0 Å². The fourth-order valence-electron chi connectivity index (χ4n) is 3.74. The second-order valence-corrected chi connectivity index (χ2v) is 7.63. The van der Waals surface area contributed by atoms with Crippen LogP contribution in [-0.4, -0.2) is 59.9 Å². The molecule has 2 aromatic rings. The maximum atomic E-state index is 13.7. The predicted molar refractivity (Wildman–Crippen MR) is 108 cm³/mol. The van der Waals surface area contributed by atoms with Crippen molar-refractivity contribution < 1.29 is 37.4 Å². The van der Waals surface area contributed by atoms with E-state index in [2.05, 4.69) is 0 Å². The van der Waals surface area contributed by atoms with Crippen LogP contribution < -0.4 is 5.32 Å². The molecule has 1 unspecified atom stereocenters. The first-order chi connectivity index (χ1) is 15.0. The number of benzene rings is 2. The number of carbonyl (C=O) groups is 3. The van der Waals surface area contributed by atoms with Crippen LogP contribution in [0.4, 0.5) is 18.0 Å². The van der Waals surface area contributed by atoms with Gasteiger partial charge in [-0.25, -0.2) is 4.79 Å². The van der Waals surface area contributed by atoms with Gasteiger partial charge in [-0.05, 0) is 29.2 Å². The minimum Gasteiger partial charge on any atom is -0.480 e. The standard InChI is InChI=1S/C22H21F3N2O5/c1-21(22(23,24)25,19(30)27(2)11-18(28)29)26-20(31)32-12-17-15-9-5-3-7-13(15)14-8-4-6-10-16(14)17/h3-10,17H,11-12H2,1-2H3,(H,26,31)(H,28,29). The van der Waals surface area contributed by atoms with E-state index in [1.54, 1.807) is 5.32 Å². The van der Waals surface area contributed by atoms with Crippen LogP contribution in [-0.2, 0) is 14.3 Å². The maximum Gasteiger partial charge on any atom is 0.420 e. The zero-order valence-electron chi connectivity index (χ0n) is 17.3. The number of fused-ring (bicyclic) bond motifs is 3. The summed E-state index contributed by atoms with van der Waals surface area (Å²) in [5.41, 5.74) is 0.278. The summed E-state index contributed by atoms with van der Waals surface area (Å²) in [7, 11) is 0.903. The quantitative estimate of drug-likeness (QED) is 0.704. The Morgan fingerprint density at radius 3 is 2.00 bits per heavy atom. The van der Waals surface area contributed by atoms with Gasteiger partial charge < -0.3 is 14.7 Å². The number of amides is 2. The van der Waals surface area contributed by atoms with Gasteiger partial charge in [0.1, 0.15) is 13.2 Å². The Bertz CT molecular complexity index is 1010. The number of halogens is 3. The normalized spacial score (nSPS) is 14.7. The van der Waals surface area contributed by atoms with Crippen molar-refractivity contribution in [2.45, 2.75) is 24.6 Å². The van der Waals surface area contributed by atoms with Crippen molar-refractivity contribution in [2.24, 2.45) is 0 Å². The van der Waals surface area contributed by atoms with Gasteiger partial charge in [-0.3, -0.25) is 14.9 Å². The molecule has 0 radical (unpaired) electrons. The third-order valence-electron chi connectivity index (χ3n) is 5.41. The number of alkyl halides is 3. The highest BCUT2D eigenvalue weighted by Crippen LogP contribution is 2.44. The fourth-order valence-corrected chi connectivity index (χ4v) is 3.74. The minimum absolute atomic E-state index is 0.243. The Morgan fingerprint density at radius 2 is 1.53 bits per heavy atom. The number of hydrogen-bond acceptors (Lipinski definition) is 4. The van der Waals surface area contributed by atoms with Gasteiger partial charge in [-0.2, -0.15) is 13.2 Å². The van der Waals surface area contributed by atoms with Crippen LogP contribution in [0.3, 0.4) is 0 Å². The predicted octanol–water partition coefficient (Wildman–Crippen LogP) is 3.39. The molecule has 0 saturated carbocycles. The average Bonchev–Trinajstić information content (AvgIpc) is 3.04. The van der Waals surface area contributed by atoms with E-state index in [-0.39, 0.29) is 12.5 Å². The summed E-state index contributed by atoms with van der Waals surface area (Å²) in [6.45, 7) is -0.737. The highest BCUT2D eigenvalue weighted by atomic mass is 19.4. The molecule has 1 aliphatic carbocycles. The molecule has 0 bridgehead atoms. The van der Waals surface area contributed by atoms with Crippen LogP contribution in [0, 0.1) is 0 Å². The number of alkyl carbamates (subject to hydrolysis) is 1. The molecule has 2 N–H and O–H groups in total. The van der Waals surface area contributed by atoms with Gasteiger partial charge >= 0.3 is 18.2 Å². The van der Waals surface area contributed by atoms with Crippen molar-refractivity contribution in [3.8, 4) is 11.1 Å². The summed E-state index contributed by atoms with van der Waals surface area (Å²) in [6, 6.07) is 14.9. The number of rotatable bonds is 6. The number of nitrogens with zero attached hydrogens (tertiary/aromatic N) is 1. The van der Waals surface area contributed by atoms with Gasteiger partial charge in [0.05, 0.1) is 0 Å². The van der Waals surface area contributed by atoms with E-state index in [0.717, 1.165) is 29.3 Å². The van der Waals surface area contributed by atoms with Crippen LogP contribution in [0.1, 0.15) is 24.0 Å². The first-order valence-electron chi connectivity index (χ1n) is 9.63. The number of likely N-dealkylation sites (N-methyl/N-ethyl adjacent to an activating group) is 1. The second kappa shape index (κ2) is 8.52. The van der Waals surface area contributed by atoms with E-state index in [1.165, 1.54) is 0 Å². The average molecular weight is 450 g/mol. The Morgan fingerprint density at radius 1 is 1.03 bits per heavy atom. The van der Waals surface area contributed by atoms with E-state index in [1.807, 2.05) is 48.5 Å². The molecule has 0 heterocycles. The fraction of sp³-hybridized carbons (Fsp3) is 0.318. The summed E-state index contributed by atoms with van der Waals surface area (Å²) >= 11 is 0. The van der Waals surface area contributed by atoms with E-state index < -0.39 is 36.2 Å². The lowest BCUT2D eigenvalue weighted by atomic mass is 9.98. The Labute approximate surface area is 181 Å². The Kier molecular flexibility index (Phi) is 6.16. The molecule has 10 heteroatoms. The smallest absolute Gasteiger partial charge is 0.420 e. The summed E-state index contributed by atoms with van der Waals surface area (Å²) in [6.07, 6.45) is -6.63. The van der Waals surface area contributed by atoms with E-state index in [4.69, 9.17) is 9.84 Å². The number of hydrogen-bond donors (Lipinski definition) is 2. The molecule has 1 atom stereocenters. The van der Waals surface area contributed by atoms with Crippen LogP contribution in [0.5, 0.6) is 0 Å². The Balaban J connectivity index is 1.77. The van der Waals surface area contributed by atoms with Gasteiger partial charge in [0.15, 0.2) is 0 Å². The van der Waals surface area contributed by atoms with Crippen molar-refractivity contribution in [3.05, 3.63) is 59.7 Å². The zero-order valence-corrected chi connectivity index (χ0v) is 17.3. The van der Waals surface area contributed by atoms with Crippen LogP contribution in [0.2, 0.25) is 0 Å². The highest BCUT2D eigenvalue weighted by molar-refractivity contribution is 5.92. The molecule has 0 aliphatic heterocycles. The molecule has 0 fully saturated rings. The summed E-state index contributed by atoms with van der Waals surface area (Å²) in [5, 5.41) is 10.4. The van der Waals surface area contributed by atoms with Crippen LogP contribution in [0.15, 0.2) is 48.5 Å². The number of carboxylic acids is 1. The monoisotopic (exact) mass is 450 g/mol. The number of carboxylic acid groups (broad SMARTS) is 1. The highest BCUT2D eigenvalue weighted by Gasteiger charge is 2.59. The molecule has 7 nitrogen and oxygen atoms in total. The lowest BCUT2D eigenvalue weighted by molar-refractivity contribution is -0.200. The Hall–Kier alpha value is -3.56. The van der Waals surface area contributed by atoms with Crippen molar-refractivity contribution in [1.29, 1.82) is 0 Å². The van der Waals surface area contributed by atoms with Gasteiger partial charge in [0, 0.05) is 13.0 Å². The first-order valence-corrected chi connectivity index (χ1v) is 9.63. The lowest BCUT2D eigenvalue weighted by Gasteiger charge is -2.34. The molecule has 2 amide bonds. The molecule has 170 valence electrons. The molecule has 2 aromatic carbocycles. The lowest BCUT2D eigenvalue weighted by Crippen LogP contribution is -2.65. The van der Waals surface area contributed by atoms with Crippen molar-refractivity contribution >= 4 is 18.0 Å². The van der Waals surface area contributed by atoms with Crippen LogP contribution >= 0.6 is 0 Å². The van der Waals surface area contributed by atoms with Gasteiger partial charge in [-0.15, -0.1) is 0 Å².